The van der Waals surface area contributed by atoms with Crippen molar-refractivity contribution in [3.05, 3.63) is 52.5 Å². The Morgan fingerprint density at radius 1 is 1.14 bits per heavy atom. The van der Waals surface area contributed by atoms with Crippen LogP contribution in [0.5, 0.6) is 11.5 Å². The van der Waals surface area contributed by atoms with Crippen LogP contribution in [0.25, 0.3) is 0 Å². The van der Waals surface area contributed by atoms with Gasteiger partial charge in [0.15, 0.2) is 12.7 Å². The highest BCUT2D eigenvalue weighted by Crippen LogP contribution is 2.28. The van der Waals surface area contributed by atoms with Crippen molar-refractivity contribution < 1.29 is 23.8 Å². The van der Waals surface area contributed by atoms with E-state index in [1.807, 2.05) is 18.2 Å². The maximum atomic E-state index is 12.3. The molecule has 1 aliphatic rings. The molecule has 0 aromatic heterocycles. The number of carbonyl (C=O) groups excluding carboxylic acids is 2. The summed E-state index contributed by atoms with van der Waals surface area (Å²) in [6.45, 7) is 1.22. The molecule has 0 heterocycles. The third kappa shape index (κ3) is 4.95. The molecule has 0 fully saturated rings. The molecule has 0 unspecified atom stereocenters. The molecule has 0 bridgehead atoms. The lowest BCUT2D eigenvalue weighted by atomic mass is 10.1. The second-order valence-electron chi connectivity index (χ2n) is 6.54. The van der Waals surface area contributed by atoms with E-state index >= 15 is 0 Å². The Balaban J connectivity index is 1.51. The number of hydrogen-bond donors (Lipinski definition) is 1. The Hall–Kier alpha value is -2.73. The van der Waals surface area contributed by atoms with Crippen molar-refractivity contribution in [3.8, 4) is 11.5 Å². The minimum Gasteiger partial charge on any atom is -0.495 e. The third-order valence-corrected chi connectivity index (χ3v) is 4.76. The Morgan fingerprint density at radius 3 is 2.71 bits per heavy atom. The van der Waals surface area contributed by atoms with Crippen LogP contribution in [0.1, 0.15) is 24.5 Å². The molecule has 1 atom stereocenters. The van der Waals surface area contributed by atoms with E-state index in [0.717, 1.165) is 19.3 Å². The van der Waals surface area contributed by atoms with Crippen molar-refractivity contribution in [2.75, 3.05) is 19.0 Å². The van der Waals surface area contributed by atoms with Gasteiger partial charge in [-0.25, -0.2) is 4.79 Å². The summed E-state index contributed by atoms with van der Waals surface area (Å²) in [6.07, 6.45) is 2.26. The summed E-state index contributed by atoms with van der Waals surface area (Å²) in [6, 6.07) is 10.7. The zero-order chi connectivity index (χ0) is 20.1. The number of nitrogens with one attached hydrogen (secondary N) is 1. The molecular weight excluding hydrogens is 382 g/mol. The first-order valence-corrected chi connectivity index (χ1v) is 9.42. The molecule has 0 spiro atoms. The lowest BCUT2D eigenvalue weighted by molar-refractivity contribution is -0.155. The summed E-state index contributed by atoms with van der Waals surface area (Å²) in [4.78, 5) is 24.3. The molecule has 28 heavy (non-hydrogen) atoms. The monoisotopic (exact) mass is 403 g/mol. The van der Waals surface area contributed by atoms with Crippen molar-refractivity contribution >= 4 is 29.2 Å². The number of ether oxygens (including phenoxy) is 3. The van der Waals surface area contributed by atoms with Crippen LogP contribution in [-0.2, 0) is 27.2 Å². The van der Waals surface area contributed by atoms with E-state index in [1.54, 1.807) is 18.2 Å². The van der Waals surface area contributed by atoms with Gasteiger partial charge in [0.1, 0.15) is 11.5 Å². The Labute approximate surface area is 168 Å². The number of hydrogen-bond acceptors (Lipinski definition) is 5. The topological polar surface area (TPSA) is 73.9 Å². The van der Waals surface area contributed by atoms with Gasteiger partial charge in [0.25, 0.3) is 5.91 Å². The normalized spacial score (nSPS) is 13.4. The van der Waals surface area contributed by atoms with Crippen molar-refractivity contribution in [3.63, 3.8) is 0 Å². The van der Waals surface area contributed by atoms with Crippen LogP contribution in [0.2, 0.25) is 5.02 Å². The van der Waals surface area contributed by atoms with E-state index in [0.29, 0.717) is 22.2 Å². The first kappa shape index (κ1) is 20.0. The molecule has 0 saturated carbocycles. The number of carbonyl (C=O) groups is 2. The largest absolute Gasteiger partial charge is 0.495 e. The second kappa shape index (κ2) is 8.97. The van der Waals surface area contributed by atoms with Crippen LogP contribution in [0.15, 0.2) is 36.4 Å². The highest BCUT2D eigenvalue weighted by Gasteiger charge is 2.20. The van der Waals surface area contributed by atoms with Gasteiger partial charge < -0.3 is 19.5 Å². The van der Waals surface area contributed by atoms with Gasteiger partial charge in [-0.05, 0) is 67.6 Å². The van der Waals surface area contributed by atoms with Gasteiger partial charge in [-0.1, -0.05) is 17.7 Å². The van der Waals surface area contributed by atoms with E-state index in [4.69, 9.17) is 25.8 Å². The minimum atomic E-state index is -1.00. The maximum absolute atomic E-state index is 12.3. The van der Waals surface area contributed by atoms with E-state index in [9.17, 15) is 9.59 Å². The van der Waals surface area contributed by atoms with Crippen LogP contribution in [0.4, 0.5) is 5.69 Å². The number of esters is 1. The predicted molar refractivity (Wildman–Crippen MR) is 106 cm³/mol. The fourth-order valence-electron chi connectivity index (χ4n) is 3.08. The van der Waals surface area contributed by atoms with Gasteiger partial charge >= 0.3 is 5.97 Å². The molecule has 6 nitrogen and oxygen atoms in total. The van der Waals surface area contributed by atoms with Crippen molar-refractivity contribution in [2.24, 2.45) is 0 Å². The fraction of sp³-hybridized carbons (Fsp3) is 0.333. The second-order valence-corrected chi connectivity index (χ2v) is 6.98. The summed E-state index contributed by atoms with van der Waals surface area (Å²) < 4.78 is 15.8. The summed E-state index contributed by atoms with van der Waals surface area (Å²) in [7, 11) is 1.48. The molecule has 0 radical (unpaired) electrons. The quantitative estimate of drug-likeness (QED) is 0.712. The number of fused-ring (bicyclic) bond motifs is 1. The van der Waals surface area contributed by atoms with Crippen molar-refractivity contribution in [1.82, 2.24) is 0 Å². The standard InChI is InChI=1S/C21H22ClNO5/c1-13(21(25)23-18-11-16(22)7-9-19(18)26-2)28-20(24)12-27-17-8-6-14-4-3-5-15(14)10-17/h6-11,13H,3-5,12H2,1-2H3,(H,23,25)/t13-/m0/s1. The predicted octanol–water partition coefficient (Wildman–Crippen LogP) is 3.79. The number of methoxy groups -OCH3 is 1. The first-order valence-electron chi connectivity index (χ1n) is 9.04. The Bertz CT molecular complexity index is 883. The van der Waals surface area contributed by atoms with Gasteiger partial charge in [0.05, 0.1) is 12.8 Å². The van der Waals surface area contributed by atoms with Crippen molar-refractivity contribution in [2.45, 2.75) is 32.3 Å². The van der Waals surface area contributed by atoms with Gasteiger partial charge in [0, 0.05) is 5.02 Å². The third-order valence-electron chi connectivity index (χ3n) is 4.52. The van der Waals surface area contributed by atoms with Crippen LogP contribution in [-0.4, -0.2) is 31.7 Å². The smallest absolute Gasteiger partial charge is 0.344 e. The number of halogens is 1. The van der Waals surface area contributed by atoms with E-state index in [-0.39, 0.29) is 6.61 Å². The summed E-state index contributed by atoms with van der Waals surface area (Å²) in [5.74, 6) is -0.0396. The number of rotatable bonds is 7. The van der Waals surface area contributed by atoms with Crippen LogP contribution in [0.3, 0.4) is 0 Å². The van der Waals surface area contributed by atoms with Gasteiger partial charge in [-0.2, -0.15) is 0 Å². The van der Waals surface area contributed by atoms with E-state index < -0.39 is 18.0 Å². The average molecular weight is 404 g/mol. The first-order chi connectivity index (χ1) is 13.5. The summed E-state index contributed by atoms with van der Waals surface area (Å²) >= 11 is 5.95. The SMILES string of the molecule is COc1ccc(Cl)cc1NC(=O)[C@H](C)OC(=O)COc1ccc2c(c1)CCC2. The van der Waals surface area contributed by atoms with Crippen molar-refractivity contribution in [1.29, 1.82) is 0 Å². The number of benzene rings is 2. The minimum absolute atomic E-state index is 0.267. The van der Waals surface area contributed by atoms with Crippen LogP contribution in [0, 0.1) is 0 Å². The Kier molecular flexibility index (Phi) is 6.41. The maximum Gasteiger partial charge on any atom is 0.344 e. The molecule has 148 valence electrons. The van der Waals surface area contributed by atoms with Gasteiger partial charge in [-0.3, -0.25) is 4.79 Å². The van der Waals surface area contributed by atoms with Gasteiger partial charge in [-0.15, -0.1) is 0 Å². The summed E-state index contributed by atoms with van der Waals surface area (Å²) in [5.41, 5.74) is 2.99. The molecule has 0 aliphatic heterocycles. The molecular formula is C21H22ClNO5. The number of aryl methyl sites for hydroxylation is 2. The summed E-state index contributed by atoms with van der Waals surface area (Å²) in [5, 5.41) is 3.09. The molecule has 7 heteroatoms. The molecule has 0 saturated heterocycles. The molecule has 1 N–H and O–H groups in total. The van der Waals surface area contributed by atoms with Gasteiger partial charge in [0.2, 0.25) is 0 Å². The zero-order valence-electron chi connectivity index (χ0n) is 15.8. The molecule has 1 aliphatic carbocycles. The Morgan fingerprint density at radius 2 is 1.93 bits per heavy atom. The molecule has 2 aromatic rings. The van der Waals surface area contributed by atoms with E-state index in [1.165, 1.54) is 25.2 Å². The lowest BCUT2D eigenvalue weighted by Crippen LogP contribution is -2.31. The zero-order valence-corrected chi connectivity index (χ0v) is 16.5. The van der Waals surface area contributed by atoms with Crippen LogP contribution >= 0.6 is 11.6 Å². The number of anilines is 1. The van der Waals surface area contributed by atoms with E-state index in [2.05, 4.69) is 5.32 Å². The fourth-order valence-corrected chi connectivity index (χ4v) is 3.25. The highest BCUT2D eigenvalue weighted by atomic mass is 35.5. The lowest BCUT2D eigenvalue weighted by Gasteiger charge is -2.15. The average Bonchev–Trinajstić information content (AvgIpc) is 3.14. The van der Waals surface area contributed by atoms with Crippen LogP contribution < -0.4 is 14.8 Å². The molecule has 1 amide bonds. The molecule has 2 aromatic carbocycles. The highest BCUT2D eigenvalue weighted by molar-refractivity contribution is 6.31. The number of amides is 1. The molecule has 3 rings (SSSR count).